The minimum atomic E-state index is -1.27. The van der Waals surface area contributed by atoms with Crippen LogP contribution in [0.2, 0.25) is 0 Å². The normalized spacial score (nSPS) is 14.0. The van der Waals surface area contributed by atoms with Crippen molar-refractivity contribution in [3.8, 4) is 0 Å². The van der Waals surface area contributed by atoms with E-state index in [1.54, 1.807) is 0 Å². The zero-order chi connectivity index (χ0) is 26.3. The lowest BCUT2D eigenvalue weighted by atomic mass is 10.1. The van der Waals surface area contributed by atoms with E-state index in [-0.39, 0.29) is 37.1 Å². The second-order valence-corrected chi connectivity index (χ2v) is 7.74. The minimum Gasteiger partial charge on any atom is -0.480 e. The number of carbonyl (C=O) groups is 4. The number of carboxylic acid groups (broad SMARTS) is 1. The van der Waals surface area contributed by atoms with Crippen molar-refractivity contribution >= 4 is 48.2 Å². The molecule has 4 atom stereocenters. The molecule has 0 aliphatic heterocycles. The molecule has 4 unspecified atom stereocenters. The predicted octanol–water partition coefficient (Wildman–Crippen LogP) is -4.09. The number of nitrogens with two attached hydrogens (primary N) is 5. The number of hydrogen-bond acceptors (Lipinski definition) is 8. The maximum absolute atomic E-state index is 12.6. The van der Waals surface area contributed by atoms with E-state index in [1.807, 2.05) is 0 Å². The van der Waals surface area contributed by atoms with Crippen LogP contribution in [0, 0.1) is 0 Å². The van der Waals surface area contributed by atoms with Gasteiger partial charge in [-0.05, 0) is 32.6 Å². The van der Waals surface area contributed by atoms with Crippen LogP contribution in [-0.4, -0.2) is 83.7 Å². The van der Waals surface area contributed by atoms with Crippen molar-refractivity contribution in [2.75, 3.05) is 18.8 Å². The van der Waals surface area contributed by atoms with Crippen molar-refractivity contribution in [2.24, 2.45) is 38.7 Å². The van der Waals surface area contributed by atoms with Gasteiger partial charge in [0.05, 0.1) is 6.04 Å². The molecule has 14 N–H and O–H groups in total. The summed E-state index contributed by atoms with van der Waals surface area (Å²) in [5.74, 6) is -3.58. The molecule has 0 radical (unpaired) electrons. The SMILES string of the molecule is CC(NC(=O)C(N)CCCN=C(N)N)C(=O)NC(CCCN=C(N)N)C(=O)NC(CS)C(=O)O. The molecule has 0 fully saturated rings. The molecular formula is C18H36N10O5S. The first kappa shape index (κ1) is 30.7. The van der Waals surface area contributed by atoms with E-state index in [4.69, 9.17) is 33.8 Å². The molecule has 15 nitrogen and oxygen atoms in total. The van der Waals surface area contributed by atoms with Crippen molar-refractivity contribution in [3.05, 3.63) is 0 Å². The number of thiol groups is 1. The third-order valence-corrected chi connectivity index (χ3v) is 4.80. The zero-order valence-corrected chi connectivity index (χ0v) is 20.0. The van der Waals surface area contributed by atoms with Gasteiger partial charge in [-0.2, -0.15) is 12.6 Å². The Morgan fingerprint density at radius 2 is 1.32 bits per heavy atom. The average molecular weight is 505 g/mol. The molecular weight excluding hydrogens is 468 g/mol. The number of carbonyl (C=O) groups excluding carboxylic acids is 3. The van der Waals surface area contributed by atoms with Crippen LogP contribution in [0.1, 0.15) is 32.6 Å². The molecule has 0 bridgehead atoms. The quantitative estimate of drug-likeness (QED) is 0.0419. The number of nitrogens with zero attached hydrogens (tertiary/aromatic N) is 2. The minimum absolute atomic E-state index is 0.0655. The number of aliphatic imine (C=N–C) groups is 2. The van der Waals surface area contributed by atoms with E-state index in [0.717, 1.165) is 0 Å². The van der Waals surface area contributed by atoms with E-state index in [2.05, 4.69) is 38.6 Å². The first-order chi connectivity index (χ1) is 15.9. The lowest BCUT2D eigenvalue weighted by Crippen LogP contribution is -2.56. The molecule has 0 heterocycles. The number of nitrogens with one attached hydrogen (secondary N) is 3. The Labute approximate surface area is 203 Å². The van der Waals surface area contributed by atoms with E-state index in [1.165, 1.54) is 6.92 Å². The summed E-state index contributed by atoms with van der Waals surface area (Å²) in [5, 5.41) is 16.4. The molecule has 0 rings (SSSR count). The Morgan fingerprint density at radius 1 is 0.824 bits per heavy atom. The summed E-state index contributed by atoms with van der Waals surface area (Å²) in [4.78, 5) is 56.2. The van der Waals surface area contributed by atoms with Gasteiger partial charge < -0.3 is 49.7 Å². The molecule has 16 heteroatoms. The van der Waals surface area contributed by atoms with E-state index in [0.29, 0.717) is 19.4 Å². The fraction of sp³-hybridized carbons (Fsp3) is 0.667. The van der Waals surface area contributed by atoms with Crippen LogP contribution >= 0.6 is 12.6 Å². The Morgan fingerprint density at radius 3 is 1.79 bits per heavy atom. The highest BCUT2D eigenvalue weighted by atomic mass is 32.1. The molecule has 0 aliphatic carbocycles. The van der Waals surface area contributed by atoms with Crippen molar-refractivity contribution in [3.63, 3.8) is 0 Å². The molecule has 0 aromatic heterocycles. The maximum Gasteiger partial charge on any atom is 0.327 e. The smallest absolute Gasteiger partial charge is 0.327 e. The Bertz CT molecular complexity index is 755. The first-order valence-electron chi connectivity index (χ1n) is 10.5. The monoisotopic (exact) mass is 504 g/mol. The van der Waals surface area contributed by atoms with Gasteiger partial charge in [0, 0.05) is 18.8 Å². The second-order valence-electron chi connectivity index (χ2n) is 7.38. The third kappa shape index (κ3) is 13.3. The van der Waals surface area contributed by atoms with Crippen LogP contribution in [0.4, 0.5) is 0 Å². The highest BCUT2D eigenvalue weighted by Gasteiger charge is 2.28. The third-order valence-electron chi connectivity index (χ3n) is 4.43. The second kappa shape index (κ2) is 16.4. The molecule has 34 heavy (non-hydrogen) atoms. The summed E-state index contributed by atoms with van der Waals surface area (Å²) in [5.41, 5.74) is 26.8. The number of amides is 3. The number of guanidine groups is 2. The molecule has 194 valence electrons. The van der Waals surface area contributed by atoms with E-state index < -0.39 is 47.9 Å². The van der Waals surface area contributed by atoms with Gasteiger partial charge in [0.15, 0.2) is 11.9 Å². The summed E-state index contributed by atoms with van der Waals surface area (Å²) >= 11 is 3.90. The van der Waals surface area contributed by atoms with Crippen molar-refractivity contribution in [1.29, 1.82) is 0 Å². The number of rotatable bonds is 16. The molecule has 0 aromatic rings. The molecule has 0 aromatic carbocycles. The van der Waals surface area contributed by atoms with Crippen molar-refractivity contribution in [1.82, 2.24) is 16.0 Å². The van der Waals surface area contributed by atoms with Gasteiger partial charge in [-0.3, -0.25) is 24.4 Å². The molecule has 0 aliphatic rings. The summed E-state index contributed by atoms with van der Waals surface area (Å²) in [6.07, 6.45) is 1.17. The lowest BCUT2D eigenvalue weighted by Gasteiger charge is -2.23. The first-order valence-corrected chi connectivity index (χ1v) is 11.1. The predicted molar refractivity (Wildman–Crippen MR) is 131 cm³/mol. The highest BCUT2D eigenvalue weighted by Crippen LogP contribution is 2.02. The van der Waals surface area contributed by atoms with Crippen molar-refractivity contribution < 1.29 is 24.3 Å². The van der Waals surface area contributed by atoms with E-state index >= 15 is 0 Å². The topological polar surface area (TPSA) is 279 Å². The average Bonchev–Trinajstić information content (AvgIpc) is 2.75. The molecule has 0 saturated heterocycles. The summed E-state index contributed by atoms with van der Waals surface area (Å²) in [7, 11) is 0. The zero-order valence-electron chi connectivity index (χ0n) is 19.1. The van der Waals surface area contributed by atoms with Crippen LogP contribution in [0.15, 0.2) is 9.98 Å². The van der Waals surface area contributed by atoms with Gasteiger partial charge in [0.2, 0.25) is 17.7 Å². The summed E-state index contributed by atoms with van der Waals surface area (Å²) in [6.45, 7) is 1.92. The maximum atomic E-state index is 12.6. The van der Waals surface area contributed by atoms with Crippen LogP contribution in [-0.2, 0) is 19.2 Å². The standard InChI is InChI=1S/C18H36N10O5S/c1-9(26-14(30)10(19)4-2-6-24-17(20)21)13(29)27-11(5-3-7-25-18(22)23)15(31)28-12(8-34)16(32)33/h9-12,34H,2-8,19H2,1H3,(H,26,30)(H,27,29)(H,28,31)(H,32,33)(H4,20,21,24)(H4,22,23,25). The van der Waals surface area contributed by atoms with Crippen LogP contribution in [0.3, 0.4) is 0 Å². The van der Waals surface area contributed by atoms with Crippen LogP contribution in [0.25, 0.3) is 0 Å². The fourth-order valence-electron chi connectivity index (χ4n) is 2.56. The van der Waals surface area contributed by atoms with E-state index in [9.17, 15) is 19.2 Å². The largest absolute Gasteiger partial charge is 0.480 e. The number of hydrogen-bond donors (Lipinski definition) is 10. The summed E-state index contributed by atoms with van der Waals surface area (Å²) < 4.78 is 0. The lowest BCUT2D eigenvalue weighted by molar-refractivity contribution is -0.141. The molecule has 3 amide bonds. The van der Waals surface area contributed by atoms with Crippen LogP contribution < -0.4 is 44.6 Å². The van der Waals surface area contributed by atoms with Gasteiger partial charge in [-0.15, -0.1) is 0 Å². The van der Waals surface area contributed by atoms with Crippen LogP contribution in [0.5, 0.6) is 0 Å². The Hall–Kier alpha value is -3.27. The Balaban J connectivity index is 5.01. The molecule has 0 spiro atoms. The molecule has 0 saturated carbocycles. The number of aliphatic carboxylic acids is 1. The van der Waals surface area contributed by atoms with Gasteiger partial charge in [-0.1, -0.05) is 0 Å². The fourth-order valence-corrected chi connectivity index (χ4v) is 2.81. The van der Waals surface area contributed by atoms with Gasteiger partial charge in [-0.25, -0.2) is 4.79 Å². The number of carboxylic acids is 1. The van der Waals surface area contributed by atoms with Crippen molar-refractivity contribution in [2.45, 2.75) is 56.8 Å². The summed E-state index contributed by atoms with van der Waals surface area (Å²) in [6, 6.07) is -4.27. The van der Waals surface area contributed by atoms with Gasteiger partial charge in [0.1, 0.15) is 18.1 Å². The van der Waals surface area contributed by atoms with Gasteiger partial charge in [0.25, 0.3) is 0 Å². The van der Waals surface area contributed by atoms with Gasteiger partial charge >= 0.3 is 5.97 Å². The highest BCUT2D eigenvalue weighted by molar-refractivity contribution is 7.80. The Kier molecular flexibility index (Phi) is 14.8.